The summed E-state index contributed by atoms with van der Waals surface area (Å²) in [4.78, 5) is 0. The van der Waals surface area contributed by atoms with Gasteiger partial charge in [0.15, 0.2) is 0 Å². The van der Waals surface area contributed by atoms with Crippen molar-refractivity contribution in [2.24, 2.45) is 10.8 Å². The summed E-state index contributed by atoms with van der Waals surface area (Å²) >= 11 is 0. The van der Waals surface area contributed by atoms with Gasteiger partial charge in [0, 0.05) is 0 Å². The van der Waals surface area contributed by atoms with Gasteiger partial charge >= 0.3 is 0 Å². The summed E-state index contributed by atoms with van der Waals surface area (Å²) in [6.07, 6.45) is 35.5. The molecule has 2 aliphatic rings. The van der Waals surface area contributed by atoms with Crippen LogP contribution in [0.1, 0.15) is 101 Å². The van der Waals surface area contributed by atoms with Crippen LogP contribution in [0.25, 0.3) is 0 Å². The van der Waals surface area contributed by atoms with Crippen LogP contribution in [-0.4, -0.2) is 11.2 Å². The number of allylic oxidation sites excluding steroid dienone is 21. The average Bonchev–Trinajstić information content (AvgIpc) is 2.84. The van der Waals surface area contributed by atoms with Crippen molar-refractivity contribution >= 4 is 0 Å². The summed E-state index contributed by atoms with van der Waals surface area (Å²) in [7, 11) is 0. The molecule has 0 radical (unpaired) electrons. The van der Waals surface area contributed by atoms with Crippen LogP contribution in [-0.2, 0) is 0 Å². The van der Waals surface area contributed by atoms with E-state index in [1.807, 2.05) is 0 Å². The third-order valence-electron chi connectivity index (χ3n) is 8.31. The highest BCUT2D eigenvalue weighted by molar-refractivity contribution is 5.39. The van der Waals surface area contributed by atoms with E-state index in [0.717, 1.165) is 12.8 Å². The minimum absolute atomic E-state index is 0.0128. The van der Waals surface area contributed by atoms with Crippen molar-refractivity contribution in [3.8, 4) is 0 Å². The Morgan fingerprint density at radius 2 is 1.07 bits per heavy atom. The molecule has 2 aliphatic carbocycles. The summed E-state index contributed by atoms with van der Waals surface area (Å²) in [6.45, 7) is 22.2. The van der Waals surface area contributed by atoms with E-state index in [0.29, 0.717) is 0 Å². The summed E-state index contributed by atoms with van der Waals surface area (Å²) in [6, 6.07) is 0. The minimum Gasteiger partial charge on any atom is -0.393 e. The number of hydrogen-bond donors (Lipinski definition) is 1. The van der Waals surface area contributed by atoms with Crippen LogP contribution in [0.5, 0.6) is 0 Å². The van der Waals surface area contributed by atoms with E-state index < -0.39 is 0 Å². The van der Waals surface area contributed by atoms with E-state index in [-0.39, 0.29) is 16.9 Å². The molecule has 1 nitrogen and oxygen atoms in total. The molecular weight excluding hydrogens is 496 g/mol. The smallest absolute Gasteiger partial charge is 0.0585 e. The van der Waals surface area contributed by atoms with Gasteiger partial charge in [0.25, 0.3) is 0 Å². The first-order valence-electron chi connectivity index (χ1n) is 15.4. The van der Waals surface area contributed by atoms with Gasteiger partial charge in [0.2, 0.25) is 0 Å². The van der Waals surface area contributed by atoms with Crippen molar-refractivity contribution in [1.29, 1.82) is 0 Å². The lowest BCUT2D eigenvalue weighted by atomic mass is 9.71. The maximum absolute atomic E-state index is 10.1. The van der Waals surface area contributed by atoms with Gasteiger partial charge in [-0.1, -0.05) is 146 Å². The lowest BCUT2D eigenvalue weighted by molar-refractivity contribution is 0.116. The number of hydrogen-bond acceptors (Lipinski definition) is 1. The molecule has 0 aromatic carbocycles. The van der Waals surface area contributed by atoms with Gasteiger partial charge in [-0.2, -0.15) is 0 Å². The molecular formula is C40H56O. The van der Waals surface area contributed by atoms with Crippen molar-refractivity contribution in [2.45, 2.75) is 107 Å². The predicted octanol–water partition coefficient (Wildman–Crippen LogP) is 11.6. The molecule has 0 saturated carbocycles. The predicted molar refractivity (Wildman–Crippen MR) is 183 cm³/mol. The van der Waals surface area contributed by atoms with Crippen molar-refractivity contribution in [1.82, 2.24) is 0 Å². The maximum atomic E-state index is 10.1. The quantitative estimate of drug-likeness (QED) is 0.267. The van der Waals surface area contributed by atoms with Crippen LogP contribution >= 0.6 is 0 Å². The van der Waals surface area contributed by atoms with Crippen molar-refractivity contribution in [3.63, 3.8) is 0 Å². The van der Waals surface area contributed by atoms with Crippen molar-refractivity contribution in [2.75, 3.05) is 0 Å². The SMILES string of the molecule is CC(C=CC=C(C)C=CC1=C(C)CCCC1(C)C)=CC=CC=C(C)C=CC=C(C)C=CC1=C(C)C[C@H](O)CC1(C)C. The van der Waals surface area contributed by atoms with E-state index in [4.69, 9.17) is 0 Å². The largest absolute Gasteiger partial charge is 0.393 e. The first-order valence-corrected chi connectivity index (χ1v) is 15.4. The van der Waals surface area contributed by atoms with Crippen LogP contribution in [0.15, 0.2) is 130 Å². The Bertz CT molecular complexity index is 1250. The van der Waals surface area contributed by atoms with E-state index in [9.17, 15) is 5.11 Å². The van der Waals surface area contributed by atoms with Gasteiger partial charge in [-0.25, -0.2) is 0 Å². The average molecular weight is 553 g/mol. The zero-order chi connectivity index (χ0) is 30.6. The molecule has 0 aromatic heterocycles. The first-order chi connectivity index (χ1) is 19.2. The summed E-state index contributed by atoms with van der Waals surface area (Å²) in [5.41, 5.74) is 10.9. The third-order valence-corrected chi connectivity index (χ3v) is 8.31. The molecule has 0 aromatic rings. The second-order valence-electron chi connectivity index (χ2n) is 13.5. The van der Waals surface area contributed by atoms with Gasteiger partial charge in [-0.3, -0.25) is 0 Å². The molecule has 0 aliphatic heterocycles. The third kappa shape index (κ3) is 11.9. The zero-order valence-corrected chi connectivity index (χ0v) is 27.6. The molecule has 0 spiro atoms. The minimum atomic E-state index is -0.220. The fraction of sp³-hybridized carbons (Fsp3) is 0.450. The Kier molecular flexibility index (Phi) is 13.3. The first kappa shape index (κ1) is 34.3. The Morgan fingerprint density at radius 3 is 1.54 bits per heavy atom. The number of aliphatic hydroxyl groups is 1. The topological polar surface area (TPSA) is 20.2 Å². The van der Waals surface area contributed by atoms with Gasteiger partial charge in [0.05, 0.1) is 6.10 Å². The van der Waals surface area contributed by atoms with E-state index in [1.54, 1.807) is 5.57 Å². The van der Waals surface area contributed by atoms with E-state index in [1.165, 1.54) is 58.3 Å². The molecule has 1 heteroatoms. The van der Waals surface area contributed by atoms with Crippen LogP contribution in [0, 0.1) is 10.8 Å². The molecule has 222 valence electrons. The fourth-order valence-electron chi connectivity index (χ4n) is 5.96. The van der Waals surface area contributed by atoms with Crippen LogP contribution < -0.4 is 0 Å². The number of rotatable bonds is 10. The molecule has 0 bridgehead atoms. The molecule has 2 rings (SSSR count). The highest BCUT2D eigenvalue weighted by Crippen LogP contribution is 2.42. The lowest BCUT2D eigenvalue weighted by Crippen LogP contribution is -2.28. The van der Waals surface area contributed by atoms with Crippen LogP contribution in [0.3, 0.4) is 0 Å². The standard InChI is InChI=1S/C40H56O/c1-30(18-13-20-32(3)23-25-37-34(5)22-15-27-39(37,7)8)16-11-12-17-31(2)19-14-21-33(4)24-26-38-35(6)28-36(41)29-40(38,9)10/h11-14,16-21,23-26,36,41H,15,22,27-29H2,1-10H3/t36-/m0/s1. The van der Waals surface area contributed by atoms with Crippen LogP contribution in [0.4, 0.5) is 0 Å². The fourth-order valence-corrected chi connectivity index (χ4v) is 5.96. The zero-order valence-electron chi connectivity index (χ0n) is 27.6. The van der Waals surface area contributed by atoms with Crippen molar-refractivity contribution < 1.29 is 5.11 Å². The Hall–Kier alpha value is -2.90. The second kappa shape index (κ2) is 15.9. The lowest BCUT2D eigenvalue weighted by Gasteiger charge is -2.35. The van der Waals surface area contributed by atoms with Crippen molar-refractivity contribution in [3.05, 3.63) is 130 Å². The second-order valence-corrected chi connectivity index (χ2v) is 13.5. The Balaban J connectivity index is 1.90. The molecule has 0 unspecified atom stereocenters. The highest BCUT2D eigenvalue weighted by Gasteiger charge is 2.31. The molecule has 0 saturated heterocycles. The molecule has 0 amide bonds. The summed E-state index contributed by atoms with van der Waals surface area (Å²) < 4.78 is 0. The van der Waals surface area contributed by atoms with E-state index >= 15 is 0 Å². The maximum Gasteiger partial charge on any atom is 0.0585 e. The molecule has 41 heavy (non-hydrogen) atoms. The van der Waals surface area contributed by atoms with Gasteiger partial charge in [0.1, 0.15) is 0 Å². The Morgan fingerprint density at radius 1 is 0.634 bits per heavy atom. The molecule has 0 heterocycles. The normalized spacial score (nSPS) is 23.5. The van der Waals surface area contributed by atoms with Gasteiger partial charge in [-0.05, 0) is 95.6 Å². The number of aliphatic hydroxyl groups excluding tert-OH is 1. The molecule has 1 N–H and O–H groups in total. The van der Waals surface area contributed by atoms with E-state index in [2.05, 4.69) is 154 Å². The monoisotopic (exact) mass is 552 g/mol. The molecule has 0 fully saturated rings. The van der Waals surface area contributed by atoms with Gasteiger partial charge in [-0.15, -0.1) is 0 Å². The van der Waals surface area contributed by atoms with Gasteiger partial charge < -0.3 is 5.11 Å². The summed E-state index contributed by atoms with van der Waals surface area (Å²) in [5.74, 6) is 0. The highest BCUT2D eigenvalue weighted by atomic mass is 16.3. The van der Waals surface area contributed by atoms with Crippen LogP contribution in [0.2, 0.25) is 0 Å². The summed E-state index contributed by atoms with van der Waals surface area (Å²) in [5, 5.41) is 10.1. The molecule has 1 atom stereocenters. The Labute approximate surface area is 252 Å².